The minimum Gasteiger partial charge on any atom is -0.496 e. The molecule has 0 aliphatic carbocycles. The molecular weight excluding hydrogens is 348 g/mol. The van der Waals surface area contributed by atoms with Crippen molar-refractivity contribution in [1.29, 1.82) is 0 Å². The van der Waals surface area contributed by atoms with Gasteiger partial charge in [0.25, 0.3) is 5.91 Å². The van der Waals surface area contributed by atoms with Crippen LogP contribution in [0.1, 0.15) is 53.6 Å². The topological polar surface area (TPSA) is 41.6 Å². The van der Waals surface area contributed by atoms with Gasteiger partial charge in [-0.1, -0.05) is 42.3 Å². The van der Waals surface area contributed by atoms with E-state index in [-0.39, 0.29) is 11.9 Å². The summed E-state index contributed by atoms with van der Waals surface area (Å²) >= 11 is 0. The molecule has 1 amide bonds. The molecule has 2 aromatic carbocycles. The van der Waals surface area contributed by atoms with Crippen LogP contribution in [0.4, 0.5) is 0 Å². The molecule has 2 aliphatic heterocycles. The summed E-state index contributed by atoms with van der Waals surface area (Å²) in [5.74, 6) is 1.02. The Morgan fingerprint density at radius 1 is 1.07 bits per heavy atom. The third-order valence-corrected chi connectivity index (χ3v) is 6.32. The van der Waals surface area contributed by atoms with Crippen LogP contribution < -0.4 is 10.1 Å². The number of methoxy groups -OCH3 is 1. The number of rotatable bonds is 5. The number of nitrogens with one attached hydrogen (secondary N) is 1. The van der Waals surface area contributed by atoms with Gasteiger partial charge in [0.2, 0.25) is 0 Å². The molecule has 1 N–H and O–H groups in total. The normalized spacial score (nSPS) is 24.6. The number of hydrogen-bond donors (Lipinski definition) is 1. The van der Waals surface area contributed by atoms with Crippen LogP contribution >= 0.6 is 0 Å². The molecule has 0 spiro atoms. The second kappa shape index (κ2) is 8.36. The van der Waals surface area contributed by atoms with Crippen LogP contribution in [0.2, 0.25) is 0 Å². The van der Waals surface area contributed by atoms with Crippen LogP contribution in [0.3, 0.4) is 0 Å². The van der Waals surface area contributed by atoms with E-state index in [9.17, 15) is 4.79 Å². The average molecular weight is 379 g/mol. The summed E-state index contributed by atoms with van der Waals surface area (Å²) in [7, 11) is 1.74. The summed E-state index contributed by atoms with van der Waals surface area (Å²) in [4.78, 5) is 15.3. The fraction of sp³-hybridized carbons (Fsp3) is 0.458. The first-order valence-corrected chi connectivity index (χ1v) is 10.4. The van der Waals surface area contributed by atoms with Crippen molar-refractivity contribution in [2.75, 3.05) is 7.11 Å². The van der Waals surface area contributed by atoms with Crippen LogP contribution in [-0.2, 0) is 6.54 Å². The Morgan fingerprint density at radius 3 is 2.43 bits per heavy atom. The number of ether oxygens (including phenoxy) is 1. The Labute approximate surface area is 167 Å². The molecule has 4 rings (SSSR count). The highest BCUT2D eigenvalue weighted by molar-refractivity contribution is 5.94. The van der Waals surface area contributed by atoms with Crippen LogP contribution in [0, 0.1) is 6.92 Å². The number of para-hydroxylation sites is 1. The van der Waals surface area contributed by atoms with Crippen molar-refractivity contribution in [3.63, 3.8) is 0 Å². The summed E-state index contributed by atoms with van der Waals surface area (Å²) < 4.78 is 5.56. The van der Waals surface area contributed by atoms with E-state index in [2.05, 4.69) is 22.3 Å². The lowest BCUT2D eigenvalue weighted by Gasteiger charge is -2.49. The number of amides is 1. The molecular formula is C24H30N2O2. The zero-order valence-corrected chi connectivity index (χ0v) is 16.9. The lowest BCUT2D eigenvalue weighted by molar-refractivity contribution is 0.0172. The van der Waals surface area contributed by atoms with Crippen molar-refractivity contribution in [3.8, 4) is 5.75 Å². The number of aryl methyl sites for hydroxylation is 1. The highest BCUT2D eigenvalue weighted by atomic mass is 16.5. The number of hydrogen-bond acceptors (Lipinski definition) is 3. The van der Waals surface area contributed by atoms with Crippen LogP contribution in [0.25, 0.3) is 0 Å². The number of fused-ring (bicyclic) bond motifs is 2. The van der Waals surface area contributed by atoms with Crippen molar-refractivity contribution in [3.05, 3.63) is 65.2 Å². The molecule has 2 bridgehead atoms. The van der Waals surface area contributed by atoms with Crippen molar-refractivity contribution < 1.29 is 9.53 Å². The largest absolute Gasteiger partial charge is 0.496 e. The van der Waals surface area contributed by atoms with Crippen molar-refractivity contribution in [1.82, 2.24) is 10.2 Å². The highest BCUT2D eigenvalue weighted by Gasteiger charge is 2.38. The maximum absolute atomic E-state index is 12.7. The first-order chi connectivity index (χ1) is 13.6. The molecule has 2 aromatic rings. The smallest absolute Gasteiger partial charge is 0.251 e. The van der Waals surface area contributed by atoms with Gasteiger partial charge in [-0.15, -0.1) is 0 Å². The fourth-order valence-corrected chi connectivity index (χ4v) is 4.86. The molecule has 4 nitrogen and oxygen atoms in total. The minimum absolute atomic E-state index is 0.0567. The second-order valence-corrected chi connectivity index (χ2v) is 8.23. The third-order valence-electron chi connectivity index (χ3n) is 6.32. The summed E-state index contributed by atoms with van der Waals surface area (Å²) in [6.07, 6.45) is 5.77. The van der Waals surface area contributed by atoms with E-state index in [0.717, 1.165) is 30.7 Å². The zero-order valence-electron chi connectivity index (χ0n) is 16.9. The van der Waals surface area contributed by atoms with E-state index < -0.39 is 0 Å². The molecule has 2 heterocycles. The van der Waals surface area contributed by atoms with E-state index >= 15 is 0 Å². The van der Waals surface area contributed by atoms with Gasteiger partial charge in [-0.05, 0) is 50.8 Å². The van der Waals surface area contributed by atoms with Gasteiger partial charge in [0, 0.05) is 35.8 Å². The number of piperidine rings is 2. The molecule has 2 aliphatic rings. The van der Waals surface area contributed by atoms with Crippen molar-refractivity contribution in [2.24, 2.45) is 0 Å². The summed E-state index contributed by atoms with van der Waals surface area (Å²) in [5.41, 5.74) is 3.19. The number of carbonyl (C=O) groups excluding carboxylic acids is 1. The van der Waals surface area contributed by atoms with E-state index in [1.54, 1.807) is 7.11 Å². The third kappa shape index (κ3) is 4.07. The molecule has 0 aromatic heterocycles. The Balaban J connectivity index is 1.43. The number of benzene rings is 2. The Hall–Kier alpha value is -2.33. The maximum Gasteiger partial charge on any atom is 0.251 e. The molecule has 148 valence electrons. The molecule has 4 heteroatoms. The van der Waals surface area contributed by atoms with Gasteiger partial charge in [-0.3, -0.25) is 9.69 Å². The highest BCUT2D eigenvalue weighted by Crippen LogP contribution is 2.36. The van der Waals surface area contributed by atoms with E-state index in [0.29, 0.717) is 12.1 Å². The van der Waals surface area contributed by atoms with Crippen molar-refractivity contribution >= 4 is 5.91 Å². The molecule has 3 atom stereocenters. The quantitative estimate of drug-likeness (QED) is 0.842. The van der Waals surface area contributed by atoms with E-state index in [1.165, 1.54) is 30.4 Å². The van der Waals surface area contributed by atoms with E-state index in [4.69, 9.17) is 4.74 Å². The standard InChI is InChI=1S/C24H30N2O2/c1-17-10-12-18(13-11-17)24(27)25-20-14-21-7-5-8-22(15-20)26(21)16-19-6-3-4-9-23(19)28-2/h3-4,6,9-13,20-22H,5,7-8,14-16H2,1-2H3,(H,25,27)/t20?,21-,22+. The van der Waals surface area contributed by atoms with Gasteiger partial charge in [-0.2, -0.15) is 0 Å². The maximum atomic E-state index is 12.7. The summed E-state index contributed by atoms with van der Waals surface area (Å²) in [6.45, 7) is 2.97. The minimum atomic E-state index is 0.0567. The zero-order chi connectivity index (χ0) is 19.5. The molecule has 2 fully saturated rings. The monoisotopic (exact) mass is 378 g/mol. The van der Waals surface area contributed by atoms with Crippen LogP contribution in [0.15, 0.2) is 48.5 Å². The van der Waals surface area contributed by atoms with Gasteiger partial charge >= 0.3 is 0 Å². The second-order valence-electron chi connectivity index (χ2n) is 8.23. The van der Waals surface area contributed by atoms with Gasteiger partial charge in [0.1, 0.15) is 5.75 Å². The molecule has 0 radical (unpaired) electrons. The van der Waals surface area contributed by atoms with Gasteiger partial charge < -0.3 is 10.1 Å². The summed E-state index contributed by atoms with van der Waals surface area (Å²) in [5, 5.41) is 3.30. The Kier molecular flexibility index (Phi) is 5.67. The molecule has 0 saturated carbocycles. The number of carbonyl (C=O) groups is 1. The van der Waals surface area contributed by atoms with Gasteiger partial charge in [0.05, 0.1) is 7.11 Å². The first kappa shape index (κ1) is 19.0. The Bertz CT molecular complexity index is 804. The molecule has 2 saturated heterocycles. The molecule has 1 unspecified atom stereocenters. The fourth-order valence-electron chi connectivity index (χ4n) is 4.86. The predicted molar refractivity (Wildman–Crippen MR) is 112 cm³/mol. The van der Waals surface area contributed by atoms with Gasteiger partial charge in [0.15, 0.2) is 0 Å². The lowest BCUT2D eigenvalue weighted by atomic mass is 9.81. The number of nitrogens with zero attached hydrogens (tertiary/aromatic N) is 1. The SMILES string of the molecule is COc1ccccc1CN1[C@@H]2CCC[C@H]1CC(NC(=O)c1ccc(C)cc1)C2. The van der Waals surface area contributed by atoms with Crippen LogP contribution in [-0.4, -0.2) is 36.0 Å². The van der Waals surface area contributed by atoms with Crippen LogP contribution in [0.5, 0.6) is 5.75 Å². The molecule has 28 heavy (non-hydrogen) atoms. The van der Waals surface area contributed by atoms with Gasteiger partial charge in [-0.25, -0.2) is 0 Å². The Morgan fingerprint density at radius 2 is 1.75 bits per heavy atom. The van der Waals surface area contributed by atoms with Crippen molar-refractivity contribution in [2.45, 2.75) is 63.7 Å². The first-order valence-electron chi connectivity index (χ1n) is 10.4. The van der Waals surface area contributed by atoms with E-state index in [1.807, 2.05) is 43.3 Å². The summed E-state index contributed by atoms with van der Waals surface area (Å²) in [6, 6.07) is 17.5. The lowest BCUT2D eigenvalue weighted by Crippen LogP contribution is -2.56. The average Bonchev–Trinajstić information content (AvgIpc) is 2.69. The predicted octanol–water partition coefficient (Wildman–Crippen LogP) is 4.32.